The van der Waals surface area contributed by atoms with Gasteiger partial charge in [0, 0.05) is 37.1 Å². The zero-order valence-electron chi connectivity index (χ0n) is 23.2. The van der Waals surface area contributed by atoms with Crippen molar-refractivity contribution in [3.63, 3.8) is 0 Å². The van der Waals surface area contributed by atoms with Gasteiger partial charge in [0.25, 0.3) is 5.91 Å². The number of hydrogen-bond acceptors (Lipinski definition) is 7. The Balaban J connectivity index is 1.25. The summed E-state index contributed by atoms with van der Waals surface area (Å²) in [7, 11) is 1.40. The van der Waals surface area contributed by atoms with E-state index >= 15 is 0 Å². The Hall–Kier alpha value is -4.30. The lowest BCUT2D eigenvalue weighted by Crippen LogP contribution is -2.48. The van der Waals surface area contributed by atoms with E-state index in [1.165, 1.54) is 7.11 Å². The highest BCUT2D eigenvalue weighted by Gasteiger charge is 2.26. The standard InChI is InChI=1S/C32H35N5O3/c1-22(2)29(32(39)40-3)35-30-26-11-7-8-12-27(26)33-28(34-30)21-36-17-19-37(20-18-36)31(38)25-15-13-24(14-16-25)23-9-5-4-6-10-23/h4-16,22,29H,17-21H2,1-3H3,(H,33,34,35)/t29-/m0/s1. The molecule has 8 nitrogen and oxygen atoms in total. The van der Waals surface area contributed by atoms with Crippen molar-refractivity contribution < 1.29 is 14.3 Å². The number of aromatic nitrogens is 2. The summed E-state index contributed by atoms with van der Waals surface area (Å²) in [5.41, 5.74) is 3.74. The Labute approximate surface area is 235 Å². The van der Waals surface area contributed by atoms with Gasteiger partial charge in [-0.05, 0) is 41.3 Å². The lowest BCUT2D eigenvalue weighted by molar-refractivity contribution is -0.142. The lowest BCUT2D eigenvalue weighted by Gasteiger charge is -2.34. The molecule has 4 aromatic rings. The second kappa shape index (κ2) is 12.3. The molecule has 1 aliphatic heterocycles. The van der Waals surface area contributed by atoms with Crippen LogP contribution in [-0.2, 0) is 16.1 Å². The largest absolute Gasteiger partial charge is 0.467 e. The summed E-state index contributed by atoms with van der Waals surface area (Å²) in [5.74, 6) is 1.04. The molecule has 0 saturated carbocycles. The average Bonchev–Trinajstić information content (AvgIpc) is 3.00. The van der Waals surface area contributed by atoms with E-state index in [0.717, 1.165) is 35.1 Å². The minimum Gasteiger partial charge on any atom is -0.467 e. The molecule has 1 saturated heterocycles. The number of hydrogen-bond donors (Lipinski definition) is 1. The molecule has 0 aliphatic carbocycles. The molecule has 2 heterocycles. The van der Waals surface area contributed by atoms with E-state index in [0.29, 0.717) is 36.8 Å². The molecule has 40 heavy (non-hydrogen) atoms. The Morgan fingerprint density at radius 1 is 0.850 bits per heavy atom. The van der Waals surface area contributed by atoms with Crippen LogP contribution in [0.5, 0.6) is 0 Å². The highest BCUT2D eigenvalue weighted by molar-refractivity contribution is 5.95. The SMILES string of the molecule is COC(=O)[C@@H](Nc1nc(CN2CCN(C(=O)c3ccc(-c4ccccc4)cc3)CC2)nc2ccccc12)C(C)C. The number of carbonyl (C=O) groups excluding carboxylic acids is 2. The summed E-state index contributed by atoms with van der Waals surface area (Å²) in [6.07, 6.45) is 0. The number of nitrogens with one attached hydrogen (secondary N) is 1. The molecule has 3 aromatic carbocycles. The van der Waals surface area contributed by atoms with Crippen LogP contribution in [0.15, 0.2) is 78.9 Å². The van der Waals surface area contributed by atoms with Gasteiger partial charge < -0.3 is 15.0 Å². The van der Waals surface area contributed by atoms with Crippen molar-refractivity contribution in [2.24, 2.45) is 5.92 Å². The second-order valence-corrected chi connectivity index (χ2v) is 10.4. The van der Waals surface area contributed by atoms with E-state index < -0.39 is 6.04 Å². The van der Waals surface area contributed by atoms with Crippen LogP contribution in [0.3, 0.4) is 0 Å². The van der Waals surface area contributed by atoms with E-state index in [1.807, 2.05) is 85.5 Å². The molecular weight excluding hydrogens is 502 g/mol. The van der Waals surface area contributed by atoms with Crippen molar-refractivity contribution in [2.75, 3.05) is 38.6 Å². The number of benzene rings is 3. The van der Waals surface area contributed by atoms with Gasteiger partial charge in [0.05, 0.1) is 19.2 Å². The van der Waals surface area contributed by atoms with Crippen LogP contribution in [0.4, 0.5) is 5.82 Å². The van der Waals surface area contributed by atoms with Crippen LogP contribution in [0.2, 0.25) is 0 Å². The molecule has 0 spiro atoms. The van der Waals surface area contributed by atoms with Crippen molar-refractivity contribution in [3.05, 3.63) is 90.3 Å². The van der Waals surface area contributed by atoms with E-state index in [9.17, 15) is 9.59 Å². The third-order valence-electron chi connectivity index (χ3n) is 7.33. The smallest absolute Gasteiger partial charge is 0.328 e. The van der Waals surface area contributed by atoms with Gasteiger partial charge >= 0.3 is 5.97 Å². The zero-order valence-corrected chi connectivity index (χ0v) is 23.2. The predicted molar refractivity (Wildman–Crippen MR) is 157 cm³/mol. The van der Waals surface area contributed by atoms with Crippen molar-refractivity contribution in [3.8, 4) is 11.1 Å². The van der Waals surface area contributed by atoms with Crippen molar-refractivity contribution in [1.82, 2.24) is 19.8 Å². The van der Waals surface area contributed by atoms with Crippen LogP contribution in [0.25, 0.3) is 22.0 Å². The maximum Gasteiger partial charge on any atom is 0.328 e. The minimum absolute atomic E-state index is 0.0183. The number of piperazine rings is 1. The fourth-order valence-corrected chi connectivity index (χ4v) is 5.00. The van der Waals surface area contributed by atoms with E-state index in [1.54, 1.807) is 0 Å². The minimum atomic E-state index is -0.521. The highest BCUT2D eigenvalue weighted by atomic mass is 16.5. The topological polar surface area (TPSA) is 87.7 Å². The zero-order chi connectivity index (χ0) is 28.1. The molecule has 1 fully saturated rings. The van der Waals surface area contributed by atoms with E-state index in [2.05, 4.69) is 22.3 Å². The fourth-order valence-electron chi connectivity index (χ4n) is 5.00. The number of methoxy groups -OCH3 is 1. The number of anilines is 1. The molecule has 1 amide bonds. The first-order valence-electron chi connectivity index (χ1n) is 13.7. The second-order valence-electron chi connectivity index (χ2n) is 10.4. The molecule has 1 atom stereocenters. The summed E-state index contributed by atoms with van der Waals surface area (Å²) in [4.78, 5) is 39.4. The molecular formula is C32H35N5O3. The Morgan fingerprint density at radius 3 is 2.17 bits per heavy atom. The van der Waals surface area contributed by atoms with Crippen molar-refractivity contribution in [2.45, 2.75) is 26.4 Å². The number of ether oxygens (including phenoxy) is 1. The summed E-state index contributed by atoms with van der Waals surface area (Å²) in [5, 5.41) is 4.16. The van der Waals surface area contributed by atoms with Gasteiger partial charge in [-0.3, -0.25) is 9.69 Å². The maximum atomic E-state index is 13.2. The number of para-hydroxylation sites is 1. The molecule has 0 radical (unpaired) electrons. The van der Waals surface area contributed by atoms with Gasteiger partial charge in [-0.15, -0.1) is 0 Å². The molecule has 5 rings (SSSR count). The lowest BCUT2D eigenvalue weighted by atomic mass is 10.0. The molecule has 1 aliphatic rings. The summed E-state index contributed by atoms with van der Waals surface area (Å²) in [6, 6.07) is 25.2. The number of carbonyl (C=O) groups is 2. The summed E-state index contributed by atoms with van der Waals surface area (Å²) >= 11 is 0. The third kappa shape index (κ3) is 6.13. The van der Waals surface area contributed by atoms with Gasteiger partial charge in [0.15, 0.2) is 0 Å². The van der Waals surface area contributed by atoms with E-state index in [4.69, 9.17) is 14.7 Å². The Bertz CT molecular complexity index is 1470. The number of amides is 1. The molecule has 206 valence electrons. The number of rotatable bonds is 8. The maximum absolute atomic E-state index is 13.2. The monoisotopic (exact) mass is 537 g/mol. The first-order chi connectivity index (χ1) is 19.4. The van der Waals surface area contributed by atoms with Gasteiger partial charge in [0.2, 0.25) is 0 Å². The first kappa shape index (κ1) is 27.3. The number of fused-ring (bicyclic) bond motifs is 1. The third-order valence-corrected chi connectivity index (χ3v) is 7.33. The first-order valence-corrected chi connectivity index (χ1v) is 13.7. The molecule has 8 heteroatoms. The molecule has 1 N–H and O–H groups in total. The molecule has 1 aromatic heterocycles. The number of esters is 1. The van der Waals surface area contributed by atoms with Gasteiger partial charge in [0.1, 0.15) is 17.7 Å². The summed E-state index contributed by atoms with van der Waals surface area (Å²) in [6.45, 7) is 7.21. The summed E-state index contributed by atoms with van der Waals surface area (Å²) < 4.78 is 5.01. The van der Waals surface area contributed by atoms with Gasteiger partial charge in [-0.2, -0.15) is 0 Å². The number of nitrogens with zero attached hydrogens (tertiary/aromatic N) is 4. The van der Waals surface area contributed by atoms with Gasteiger partial charge in [-0.25, -0.2) is 14.8 Å². The predicted octanol–water partition coefficient (Wildman–Crippen LogP) is 4.86. The Kier molecular flexibility index (Phi) is 8.36. The molecule has 0 bridgehead atoms. The Morgan fingerprint density at radius 2 is 1.50 bits per heavy atom. The fraction of sp³-hybridized carbons (Fsp3) is 0.312. The van der Waals surface area contributed by atoms with Crippen LogP contribution in [0.1, 0.15) is 30.0 Å². The normalized spacial score (nSPS) is 14.8. The van der Waals surface area contributed by atoms with Crippen LogP contribution < -0.4 is 5.32 Å². The molecule has 0 unspecified atom stereocenters. The van der Waals surface area contributed by atoms with Crippen molar-refractivity contribution in [1.29, 1.82) is 0 Å². The van der Waals surface area contributed by atoms with Gasteiger partial charge in [-0.1, -0.05) is 68.4 Å². The average molecular weight is 538 g/mol. The highest BCUT2D eigenvalue weighted by Crippen LogP contribution is 2.24. The van der Waals surface area contributed by atoms with Crippen LogP contribution in [0, 0.1) is 5.92 Å². The van der Waals surface area contributed by atoms with Crippen molar-refractivity contribution >= 4 is 28.6 Å². The van der Waals surface area contributed by atoms with Crippen LogP contribution in [-0.4, -0.2) is 71.0 Å². The van der Waals surface area contributed by atoms with E-state index in [-0.39, 0.29) is 17.8 Å². The van der Waals surface area contributed by atoms with Crippen LogP contribution >= 0.6 is 0 Å². The quantitative estimate of drug-likeness (QED) is 0.321.